The van der Waals surface area contributed by atoms with Gasteiger partial charge in [-0.2, -0.15) is 0 Å². The van der Waals surface area contributed by atoms with Crippen LogP contribution in [0.1, 0.15) is 239 Å². The van der Waals surface area contributed by atoms with Crippen LogP contribution < -0.4 is 10.4 Å². The van der Waals surface area contributed by atoms with Gasteiger partial charge in [0, 0.05) is 32.2 Å². The summed E-state index contributed by atoms with van der Waals surface area (Å²) in [7, 11) is -9.16. The molecule has 2 amide bonds. The van der Waals surface area contributed by atoms with E-state index in [1.807, 2.05) is 12.2 Å². The fourth-order valence-electron chi connectivity index (χ4n) is 7.23. The molecule has 65 heavy (non-hydrogen) atoms. The van der Waals surface area contributed by atoms with E-state index >= 15 is 0 Å². The number of ether oxygens (including phenoxy) is 2. The predicted molar refractivity (Wildman–Crippen MR) is 258 cm³/mol. The predicted octanol–water partition coefficient (Wildman–Crippen LogP) is 12.1. The SMILES string of the molecule is CCCCCCCCCCCCCCCC(=O)OCC(COP(=O)(O)OCCNC(=O)CCC/C=C/CCCCC(=O)NP(=O)(O)O)OC(=O)CCCCCCCCCCCCCCC. The average molecular weight is 967 g/mol. The molecule has 2 unspecified atom stereocenters. The average Bonchev–Trinajstić information content (AvgIpc) is 3.25. The van der Waals surface area contributed by atoms with Gasteiger partial charge in [0.2, 0.25) is 11.8 Å². The van der Waals surface area contributed by atoms with Gasteiger partial charge < -0.3 is 29.5 Å². The highest BCUT2D eigenvalue weighted by Gasteiger charge is 2.26. The first-order chi connectivity index (χ1) is 31.3. The molecule has 0 aromatic rings. The monoisotopic (exact) mass is 967 g/mol. The number of rotatable bonds is 48. The van der Waals surface area contributed by atoms with Gasteiger partial charge in [-0.05, 0) is 44.9 Å². The highest BCUT2D eigenvalue weighted by molar-refractivity contribution is 7.50. The molecule has 0 heterocycles. The number of hydrogen-bond donors (Lipinski definition) is 5. The van der Waals surface area contributed by atoms with Crippen molar-refractivity contribution < 1.29 is 61.5 Å². The number of allylic oxidation sites excluding steroid dienone is 2. The van der Waals surface area contributed by atoms with Crippen molar-refractivity contribution in [3.8, 4) is 0 Å². The summed E-state index contributed by atoms with van der Waals surface area (Å²) in [6.45, 7) is 3.30. The Bertz CT molecular complexity index is 1310. The number of amides is 2. The summed E-state index contributed by atoms with van der Waals surface area (Å²) in [6.07, 6.45) is 37.3. The molecular formula is C48H92N2O13P2. The van der Waals surface area contributed by atoms with Gasteiger partial charge in [0.1, 0.15) is 6.61 Å². The minimum absolute atomic E-state index is 0.0208. The fourth-order valence-corrected chi connectivity index (χ4v) is 8.42. The number of nitrogens with one attached hydrogen (secondary N) is 2. The summed E-state index contributed by atoms with van der Waals surface area (Å²) < 4.78 is 44.6. The molecule has 0 spiro atoms. The lowest BCUT2D eigenvalue weighted by molar-refractivity contribution is -0.161. The second kappa shape index (κ2) is 44.4. The lowest BCUT2D eigenvalue weighted by Gasteiger charge is -2.20. The zero-order valence-electron chi connectivity index (χ0n) is 40.6. The Hall–Kier alpha value is -2.12. The van der Waals surface area contributed by atoms with Crippen molar-refractivity contribution >= 4 is 39.3 Å². The van der Waals surface area contributed by atoms with Crippen molar-refractivity contribution in [1.82, 2.24) is 10.4 Å². The molecule has 2 atom stereocenters. The zero-order valence-corrected chi connectivity index (χ0v) is 42.4. The van der Waals surface area contributed by atoms with Crippen LogP contribution in [0.2, 0.25) is 0 Å². The largest absolute Gasteiger partial charge is 0.472 e. The minimum atomic E-state index is -4.60. The first-order valence-corrected chi connectivity index (χ1v) is 28.6. The van der Waals surface area contributed by atoms with E-state index in [-0.39, 0.29) is 51.3 Å². The van der Waals surface area contributed by atoms with E-state index in [1.165, 1.54) is 116 Å². The van der Waals surface area contributed by atoms with E-state index in [1.54, 1.807) is 5.09 Å². The Balaban J connectivity index is 4.56. The van der Waals surface area contributed by atoms with E-state index < -0.39 is 46.1 Å². The van der Waals surface area contributed by atoms with Crippen LogP contribution in [0.5, 0.6) is 0 Å². The van der Waals surface area contributed by atoms with Crippen LogP contribution in [-0.2, 0) is 46.8 Å². The molecule has 0 bridgehead atoms. The molecule has 5 N–H and O–H groups in total. The van der Waals surface area contributed by atoms with Crippen molar-refractivity contribution in [2.45, 2.75) is 245 Å². The first kappa shape index (κ1) is 62.9. The molecule has 0 rings (SSSR count). The van der Waals surface area contributed by atoms with Gasteiger partial charge in [-0.3, -0.25) is 33.3 Å². The van der Waals surface area contributed by atoms with Crippen LogP contribution in [0.15, 0.2) is 12.2 Å². The standard InChI is InChI=1S/C48H92N2O13P2/c1-3-5-7-9-11-13-15-17-19-21-26-30-34-38-47(53)60-42-44(63-48(54)39-35-31-27-22-20-18-16-14-12-10-8-6-4-2)43-62-65(58,59)61-41-40-49-45(51)36-32-28-24-23-25-29-33-37-46(52)50-64(55,56)57/h23-24,44H,3-22,25-43H2,1-2H3,(H,49,51)(H,58,59)(H3,50,52,55,56,57)/b24-23+. The van der Waals surface area contributed by atoms with Crippen LogP contribution in [0.25, 0.3) is 0 Å². The van der Waals surface area contributed by atoms with Crippen LogP contribution in [0, 0.1) is 0 Å². The molecule has 0 fully saturated rings. The molecule has 15 nitrogen and oxygen atoms in total. The maximum Gasteiger partial charge on any atom is 0.472 e. The van der Waals surface area contributed by atoms with E-state index in [2.05, 4.69) is 19.2 Å². The third-order valence-electron chi connectivity index (χ3n) is 11.0. The molecule has 0 aliphatic heterocycles. The summed E-state index contributed by atoms with van der Waals surface area (Å²) in [5, 5.41) is 4.26. The van der Waals surface area contributed by atoms with E-state index in [0.29, 0.717) is 44.9 Å². The van der Waals surface area contributed by atoms with Gasteiger partial charge >= 0.3 is 27.5 Å². The summed E-state index contributed by atoms with van der Waals surface area (Å²) in [5.74, 6) is -1.88. The van der Waals surface area contributed by atoms with Crippen LogP contribution >= 0.6 is 15.6 Å². The van der Waals surface area contributed by atoms with Gasteiger partial charge in [0.25, 0.3) is 0 Å². The molecule has 382 valence electrons. The Labute approximate surface area is 393 Å². The minimum Gasteiger partial charge on any atom is -0.462 e. The summed E-state index contributed by atoms with van der Waals surface area (Å²) in [4.78, 5) is 76.7. The summed E-state index contributed by atoms with van der Waals surface area (Å²) in [5.41, 5.74) is 0. The van der Waals surface area contributed by atoms with Crippen molar-refractivity contribution in [3.63, 3.8) is 0 Å². The smallest absolute Gasteiger partial charge is 0.462 e. The molecular weight excluding hydrogens is 874 g/mol. The molecule has 17 heteroatoms. The van der Waals surface area contributed by atoms with Gasteiger partial charge in [-0.1, -0.05) is 180 Å². The Morgan fingerprint density at radius 2 is 0.908 bits per heavy atom. The van der Waals surface area contributed by atoms with Crippen molar-refractivity contribution in [1.29, 1.82) is 0 Å². The number of hydrogen-bond acceptors (Lipinski definition) is 10. The van der Waals surface area contributed by atoms with E-state index in [0.717, 1.165) is 38.5 Å². The normalized spacial score (nSPS) is 13.1. The second-order valence-corrected chi connectivity index (χ2v) is 20.2. The van der Waals surface area contributed by atoms with Gasteiger partial charge in [0.05, 0.1) is 13.2 Å². The molecule has 0 saturated carbocycles. The van der Waals surface area contributed by atoms with Crippen molar-refractivity contribution in [2.24, 2.45) is 0 Å². The number of esters is 2. The molecule has 0 aliphatic carbocycles. The molecule has 0 radical (unpaired) electrons. The highest BCUT2D eigenvalue weighted by Crippen LogP contribution is 2.43. The molecule has 0 aromatic carbocycles. The number of phosphoric ester groups is 1. The van der Waals surface area contributed by atoms with E-state index in [4.69, 9.17) is 28.3 Å². The molecule has 0 aromatic heterocycles. The van der Waals surface area contributed by atoms with Gasteiger partial charge in [-0.15, -0.1) is 0 Å². The highest BCUT2D eigenvalue weighted by atomic mass is 31.2. The fraction of sp³-hybridized carbons (Fsp3) is 0.875. The molecule has 0 saturated heterocycles. The summed E-state index contributed by atoms with van der Waals surface area (Å²) in [6, 6.07) is 0. The third-order valence-corrected chi connectivity index (χ3v) is 12.6. The maximum absolute atomic E-state index is 12.8. The number of unbranched alkanes of at least 4 members (excludes halogenated alkanes) is 27. The first-order valence-electron chi connectivity index (χ1n) is 25.5. The Kier molecular flexibility index (Phi) is 42.9. The zero-order chi connectivity index (χ0) is 48.1. The topological polar surface area (TPSA) is 224 Å². The van der Waals surface area contributed by atoms with Crippen molar-refractivity contribution in [3.05, 3.63) is 12.2 Å². The lowest BCUT2D eigenvalue weighted by atomic mass is 10.0. The maximum atomic E-state index is 12.8. The second-order valence-electron chi connectivity index (χ2n) is 17.4. The Morgan fingerprint density at radius 1 is 0.492 bits per heavy atom. The van der Waals surface area contributed by atoms with Crippen molar-refractivity contribution in [2.75, 3.05) is 26.4 Å². The lowest BCUT2D eigenvalue weighted by Crippen LogP contribution is -2.30. The number of carbonyl (C=O) groups is 4. The Morgan fingerprint density at radius 3 is 1.38 bits per heavy atom. The van der Waals surface area contributed by atoms with Crippen LogP contribution in [0.4, 0.5) is 0 Å². The van der Waals surface area contributed by atoms with Crippen LogP contribution in [-0.4, -0.2) is 70.9 Å². The van der Waals surface area contributed by atoms with Crippen LogP contribution in [0.3, 0.4) is 0 Å². The summed E-state index contributed by atoms with van der Waals surface area (Å²) >= 11 is 0. The molecule has 0 aliphatic rings. The van der Waals surface area contributed by atoms with Gasteiger partial charge in [-0.25, -0.2) is 9.13 Å². The third kappa shape index (κ3) is 48.2. The number of phosphoric acid groups is 1. The number of carbonyl (C=O) groups excluding carboxylic acids is 4. The van der Waals surface area contributed by atoms with E-state index in [9.17, 15) is 33.2 Å². The quantitative estimate of drug-likeness (QED) is 0.0166. The van der Waals surface area contributed by atoms with Gasteiger partial charge in [0.15, 0.2) is 6.10 Å².